The van der Waals surface area contributed by atoms with Crippen molar-refractivity contribution in [3.05, 3.63) is 0 Å². The van der Waals surface area contributed by atoms with Gasteiger partial charge in [0.2, 0.25) is 17.7 Å². The van der Waals surface area contributed by atoms with Gasteiger partial charge >= 0.3 is 5.97 Å². The van der Waals surface area contributed by atoms with Crippen molar-refractivity contribution in [2.75, 3.05) is 18.9 Å². The summed E-state index contributed by atoms with van der Waals surface area (Å²) in [6.07, 6.45) is 0.934. The molecule has 0 spiro atoms. The molecule has 184 valence electrons. The molecular formula is C18H35N7O6S. The van der Waals surface area contributed by atoms with Gasteiger partial charge in [0, 0.05) is 12.3 Å². The van der Waals surface area contributed by atoms with Crippen molar-refractivity contribution >= 4 is 42.3 Å². The number of carbonyl (C=O) groups excluding carboxylic acids is 3. The van der Waals surface area contributed by atoms with Gasteiger partial charge in [0.25, 0.3) is 0 Å². The van der Waals surface area contributed by atoms with E-state index >= 15 is 0 Å². The van der Waals surface area contributed by atoms with Crippen LogP contribution in [0, 0.1) is 5.92 Å². The largest absolute Gasteiger partial charge is 0.480 e. The average Bonchev–Trinajstić information content (AvgIpc) is 2.71. The molecule has 14 heteroatoms. The van der Waals surface area contributed by atoms with Gasteiger partial charge in [-0.1, -0.05) is 13.8 Å². The monoisotopic (exact) mass is 477 g/mol. The van der Waals surface area contributed by atoms with Crippen LogP contribution in [0.15, 0.2) is 4.99 Å². The van der Waals surface area contributed by atoms with Gasteiger partial charge in [0.05, 0.1) is 12.6 Å². The van der Waals surface area contributed by atoms with E-state index in [4.69, 9.17) is 27.4 Å². The van der Waals surface area contributed by atoms with E-state index in [-0.39, 0.29) is 30.5 Å². The smallest absolute Gasteiger partial charge is 0.328 e. The Hall–Kier alpha value is -2.58. The van der Waals surface area contributed by atoms with Crippen LogP contribution in [0.4, 0.5) is 0 Å². The highest BCUT2D eigenvalue weighted by Crippen LogP contribution is 2.07. The first-order valence-electron chi connectivity index (χ1n) is 10.1. The molecule has 0 bridgehead atoms. The first-order chi connectivity index (χ1) is 14.9. The van der Waals surface area contributed by atoms with Gasteiger partial charge in [0.15, 0.2) is 5.96 Å². The van der Waals surface area contributed by atoms with Crippen LogP contribution >= 0.6 is 12.6 Å². The molecule has 0 heterocycles. The Morgan fingerprint density at radius 2 is 1.50 bits per heavy atom. The molecule has 4 atom stereocenters. The summed E-state index contributed by atoms with van der Waals surface area (Å²) < 4.78 is 0. The molecule has 0 saturated heterocycles. The second-order valence-corrected chi connectivity index (χ2v) is 7.94. The molecule has 11 N–H and O–H groups in total. The quantitative estimate of drug-likeness (QED) is 0.0501. The molecule has 0 aliphatic heterocycles. The van der Waals surface area contributed by atoms with Crippen molar-refractivity contribution in [2.45, 2.75) is 57.3 Å². The number of carboxylic acids is 1. The van der Waals surface area contributed by atoms with Gasteiger partial charge in [-0.2, -0.15) is 12.6 Å². The molecule has 0 aliphatic carbocycles. The van der Waals surface area contributed by atoms with Crippen LogP contribution in [0.25, 0.3) is 0 Å². The number of aliphatic imine (C=N–C) groups is 1. The number of amides is 3. The second-order valence-electron chi connectivity index (χ2n) is 7.57. The van der Waals surface area contributed by atoms with Gasteiger partial charge < -0.3 is 43.4 Å². The maximum atomic E-state index is 12.6. The van der Waals surface area contributed by atoms with Crippen molar-refractivity contribution in [3.8, 4) is 0 Å². The molecule has 0 fully saturated rings. The molecule has 0 aliphatic rings. The van der Waals surface area contributed by atoms with Gasteiger partial charge in [-0.05, 0) is 25.2 Å². The van der Waals surface area contributed by atoms with Crippen molar-refractivity contribution in [2.24, 2.45) is 28.1 Å². The van der Waals surface area contributed by atoms with Crippen molar-refractivity contribution in [1.82, 2.24) is 16.0 Å². The molecule has 13 nitrogen and oxygen atoms in total. The van der Waals surface area contributed by atoms with E-state index in [1.807, 2.05) is 13.8 Å². The molecule has 0 aromatic heterocycles. The summed E-state index contributed by atoms with van der Waals surface area (Å²) in [6.45, 7) is 3.12. The predicted octanol–water partition coefficient (Wildman–Crippen LogP) is -3.13. The third-order valence-electron chi connectivity index (χ3n) is 4.26. The van der Waals surface area contributed by atoms with Crippen molar-refractivity contribution in [1.29, 1.82) is 0 Å². The zero-order chi connectivity index (χ0) is 24.8. The Morgan fingerprint density at radius 3 is 1.97 bits per heavy atom. The molecule has 0 radical (unpaired) electrons. The van der Waals surface area contributed by atoms with Crippen molar-refractivity contribution < 1.29 is 29.4 Å². The lowest BCUT2D eigenvalue weighted by Gasteiger charge is -2.25. The zero-order valence-electron chi connectivity index (χ0n) is 18.3. The maximum Gasteiger partial charge on any atom is 0.328 e. The fourth-order valence-corrected chi connectivity index (χ4v) is 2.81. The number of hydrogen-bond acceptors (Lipinski definition) is 8. The highest BCUT2D eigenvalue weighted by molar-refractivity contribution is 7.80. The molecule has 0 aromatic rings. The number of aliphatic carboxylic acids is 1. The first kappa shape index (κ1) is 29.4. The number of thiol groups is 1. The van der Waals surface area contributed by atoms with Crippen LogP contribution in [-0.4, -0.2) is 82.9 Å². The molecule has 3 amide bonds. The van der Waals surface area contributed by atoms with Crippen LogP contribution in [-0.2, 0) is 19.2 Å². The lowest BCUT2D eigenvalue weighted by molar-refractivity contribution is -0.143. The summed E-state index contributed by atoms with van der Waals surface area (Å²) in [4.78, 5) is 52.2. The number of guanidine groups is 1. The summed E-state index contributed by atoms with van der Waals surface area (Å²) in [5, 5.41) is 25.3. The molecular weight excluding hydrogens is 442 g/mol. The lowest BCUT2D eigenvalue weighted by Crippen LogP contribution is -2.58. The van der Waals surface area contributed by atoms with Gasteiger partial charge in [-0.3, -0.25) is 19.4 Å². The third kappa shape index (κ3) is 11.7. The predicted molar refractivity (Wildman–Crippen MR) is 122 cm³/mol. The number of nitrogens with two attached hydrogens (primary N) is 3. The van der Waals surface area contributed by atoms with E-state index in [1.54, 1.807) is 0 Å². The second kappa shape index (κ2) is 15.3. The first-order valence-corrected chi connectivity index (χ1v) is 10.7. The number of aliphatic hydroxyl groups excluding tert-OH is 1. The van der Waals surface area contributed by atoms with Gasteiger partial charge in [0.1, 0.15) is 18.1 Å². The van der Waals surface area contributed by atoms with E-state index in [0.717, 1.165) is 0 Å². The molecule has 32 heavy (non-hydrogen) atoms. The molecule has 0 saturated carbocycles. The van der Waals surface area contributed by atoms with E-state index in [0.29, 0.717) is 13.0 Å². The third-order valence-corrected chi connectivity index (χ3v) is 4.62. The molecule has 0 aromatic carbocycles. The summed E-state index contributed by atoms with van der Waals surface area (Å²) in [6, 6.07) is -4.57. The Kier molecular flexibility index (Phi) is 14.0. The molecule has 4 unspecified atom stereocenters. The van der Waals surface area contributed by atoms with E-state index in [1.165, 1.54) is 0 Å². The Labute approximate surface area is 192 Å². The Bertz CT molecular complexity index is 672. The minimum absolute atomic E-state index is 0.0221. The summed E-state index contributed by atoms with van der Waals surface area (Å²) in [7, 11) is 0. The number of carbonyl (C=O) groups is 4. The minimum atomic E-state index is -1.51. The van der Waals surface area contributed by atoms with Crippen LogP contribution in [0.3, 0.4) is 0 Å². The topological polar surface area (TPSA) is 235 Å². The summed E-state index contributed by atoms with van der Waals surface area (Å²) in [5.41, 5.74) is 16.3. The fraction of sp³-hybridized carbons (Fsp3) is 0.722. The number of nitrogens with zero attached hydrogens (tertiary/aromatic N) is 1. The summed E-state index contributed by atoms with van der Waals surface area (Å²) in [5.74, 6) is -3.60. The van der Waals surface area contributed by atoms with Crippen LogP contribution in [0.1, 0.15) is 33.1 Å². The minimum Gasteiger partial charge on any atom is -0.480 e. The van der Waals surface area contributed by atoms with Crippen LogP contribution < -0.4 is 33.2 Å². The van der Waals surface area contributed by atoms with E-state index in [2.05, 4.69) is 33.6 Å². The zero-order valence-corrected chi connectivity index (χ0v) is 19.2. The van der Waals surface area contributed by atoms with E-state index in [9.17, 15) is 19.2 Å². The Morgan fingerprint density at radius 1 is 0.969 bits per heavy atom. The average molecular weight is 478 g/mol. The number of rotatable bonds is 15. The summed E-state index contributed by atoms with van der Waals surface area (Å²) >= 11 is 4.07. The number of carboxylic acid groups (broad SMARTS) is 1. The highest BCUT2D eigenvalue weighted by atomic mass is 32.1. The molecule has 0 rings (SSSR count). The maximum absolute atomic E-state index is 12.6. The normalized spacial score (nSPS) is 14.6. The van der Waals surface area contributed by atoms with Crippen molar-refractivity contribution in [3.63, 3.8) is 0 Å². The number of hydrogen-bond donors (Lipinski definition) is 9. The number of nitrogens with one attached hydrogen (secondary N) is 3. The Balaban J connectivity index is 5.03. The number of aliphatic hydroxyl groups is 1. The van der Waals surface area contributed by atoms with Gasteiger partial charge in [-0.15, -0.1) is 0 Å². The van der Waals surface area contributed by atoms with Crippen LogP contribution in [0.2, 0.25) is 0 Å². The standard InChI is InChI=1S/C18H35N7O6S/c1-9(2)6-11(15(28)24-12(7-26)17(30)31)23-16(29)13(8-32)25-14(27)10(19)4-3-5-22-18(20)21/h9-13,26,32H,3-8,19H2,1-2H3,(H,23,29)(H,24,28)(H,25,27)(H,30,31)(H4,20,21,22). The van der Waals surface area contributed by atoms with Crippen LogP contribution in [0.5, 0.6) is 0 Å². The van der Waals surface area contributed by atoms with Gasteiger partial charge in [-0.25, -0.2) is 4.79 Å². The van der Waals surface area contributed by atoms with E-state index < -0.39 is 54.5 Å². The lowest BCUT2D eigenvalue weighted by atomic mass is 10.0. The highest BCUT2D eigenvalue weighted by Gasteiger charge is 2.30. The SMILES string of the molecule is CC(C)CC(NC(=O)C(CS)NC(=O)C(N)CCCN=C(N)N)C(=O)NC(CO)C(=O)O. The fourth-order valence-electron chi connectivity index (χ4n) is 2.56.